The number of alkyl halides is 3. The average molecular weight is 584 g/mol. The first kappa shape index (κ1) is 27.1. The van der Waals surface area contributed by atoms with E-state index in [0.717, 1.165) is 22.3 Å². The van der Waals surface area contributed by atoms with Crippen molar-refractivity contribution in [1.29, 1.82) is 0 Å². The first-order valence-electron chi connectivity index (χ1n) is 12.7. The van der Waals surface area contributed by atoms with Crippen LogP contribution < -0.4 is 4.18 Å². The van der Waals surface area contributed by atoms with Gasteiger partial charge >= 0.3 is 15.6 Å². The minimum atomic E-state index is -5.82. The Balaban J connectivity index is 1.40. The van der Waals surface area contributed by atoms with Gasteiger partial charge in [0, 0.05) is 22.1 Å². The van der Waals surface area contributed by atoms with Gasteiger partial charge in [0.15, 0.2) is 23.2 Å². The number of aromatic nitrogens is 3. The molecule has 0 aliphatic rings. The molecule has 5 aromatic carbocycles. The lowest BCUT2D eigenvalue weighted by Crippen LogP contribution is -2.28. The molecule has 0 N–H and O–H groups in total. The van der Waals surface area contributed by atoms with Crippen LogP contribution in [0, 0.1) is 0 Å². The molecule has 1 heterocycles. The van der Waals surface area contributed by atoms with E-state index in [0.29, 0.717) is 28.4 Å². The minimum Gasteiger partial charge on any atom is -0.375 e. The Morgan fingerprint density at radius 2 is 0.929 bits per heavy atom. The quantitative estimate of drug-likeness (QED) is 0.146. The first-order valence-corrected chi connectivity index (χ1v) is 14.1. The van der Waals surface area contributed by atoms with Gasteiger partial charge in [-0.2, -0.15) is 21.6 Å². The summed E-state index contributed by atoms with van der Waals surface area (Å²) in [6, 6.07) is 35.8. The molecule has 0 spiro atoms. The molecule has 0 radical (unpaired) electrons. The van der Waals surface area contributed by atoms with E-state index in [-0.39, 0.29) is 5.39 Å². The molecule has 1 aromatic heterocycles. The van der Waals surface area contributed by atoms with E-state index < -0.39 is 21.4 Å². The molecular formula is C32H20F3N3O3S. The van der Waals surface area contributed by atoms with Crippen molar-refractivity contribution in [3.63, 3.8) is 0 Å². The Bertz CT molecular complexity index is 1940. The van der Waals surface area contributed by atoms with Crippen molar-refractivity contribution in [3.8, 4) is 51.0 Å². The molecule has 0 aliphatic heterocycles. The smallest absolute Gasteiger partial charge is 0.375 e. The largest absolute Gasteiger partial charge is 0.534 e. The molecule has 0 atom stereocenters. The monoisotopic (exact) mass is 583 g/mol. The Morgan fingerprint density at radius 3 is 1.43 bits per heavy atom. The molecule has 0 fully saturated rings. The normalized spacial score (nSPS) is 11.9. The van der Waals surface area contributed by atoms with E-state index in [4.69, 9.17) is 15.0 Å². The van der Waals surface area contributed by atoms with Crippen molar-refractivity contribution in [1.82, 2.24) is 15.0 Å². The van der Waals surface area contributed by atoms with Crippen LogP contribution in [0.5, 0.6) is 5.75 Å². The molecule has 0 bridgehead atoms. The fourth-order valence-corrected chi connectivity index (χ4v) is 4.97. The van der Waals surface area contributed by atoms with Gasteiger partial charge in [-0.1, -0.05) is 109 Å². The van der Waals surface area contributed by atoms with Gasteiger partial charge < -0.3 is 4.18 Å². The Labute approximate surface area is 239 Å². The topological polar surface area (TPSA) is 82.0 Å². The summed E-state index contributed by atoms with van der Waals surface area (Å²) in [4.78, 5) is 14.2. The van der Waals surface area contributed by atoms with Crippen molar-refractivity contribution < 1.29 is 25.8 Å². The number of halogens is 3. The van der Waals surface area contributed by atoms with Crippen LogP contribution in [0.3, 0.4) is 0 Å². The molecule has 6 rings (SSSR count). The van der Waals surface area contributed by atoms with Crippen LogP contribution in [0.25, 0.3) is 56.1 Å². The zero-order chi connectivity index (χ0) is 29.3. The van der Waals surface area contributed by atoms with Gasteiger partial charge in [0.05, 0.1) is 0 Å². The van der Waals surface area contributed by atoms with Crippen molar-refractivity contribution in [2.45, 2.75) is 5.51 Å². The maximum atomic E-state index is 13.0. The molecule has 0 saturated carbocycles. The molecule has 208 valence electrons. The first-order chi connectivity index (χ1) is 20.2. The number of rotatable bonds is 6. The van der Waals surface area contributed by atoms with E-state index in [9.17, 15) is 21.6 Å². The highest BCUT2D eigenvalue weighted by molar-refractivity contribution is 7.88. The van der Waals surface area contributed by atoms with Gasteiger partial charge in [0.2, 0.25) is 0 Å². The summed E-state index contributed by atoms with van der Waals surface area (Å²) in [5, 5.41) is 0.752. The minimum absolute atomic E-state index is 0.226. The second kappa shape index (κ2) is 10.7. The van der Waals surface area contributed by atoms with E-state index in [1.807, 2.05) is 84.9 Å². The van der Waals surface area contributed by atoms with E-state index in [2.05, 4.69) is 4.18 Å². The standard InChI is InChI=1S/C32H20F3N3O3S/c33-32(34,35)42(39,40)41-28-20-19-25(26-13-7-8-14-27(26)28)21-15-17-24(18-16-21)31-37-29(22-9-3-1-4-10-22)36-30(38-31)23-11-5-2-6-12-23/h1-20H. The number of hydrogen-bond donors (Lipinski definition) is 0. The van der Waals surface area contributed by atoms with Crippen LogP contribution in [-0.2, 0) is 10.1 Å². The van der Waals surface area contributed by atoms with Gasteiger partial charge in [-0.05, 0) is 28.6 Å². The number of benzene rings is 5. The second-order valence-corrected chi connectivity index (χ2v) is 10.8. The predicted octanol–water partition coefficient (Wildman–Crippen LogP) is 7.92. The van der Waals surface area contributed by atoms with Gasteiger partial charge in [0.1, 0.15) is 0 Å². The van der Waals surface area contributed by atoms with Crippen molar-refractivity contribution in [2.24, 2.45) is 0 Å². The maximum absolute atomic E-state index is 13.0. The summed E-state index contributed by atoms with van der Waals surface area (Å²) < 4.78 is 66.7. The van der Waals surface area contributed by atoms with Crippen LogP contribution in [-0.4, -0.2) is 28.9 Å². The number of hydrogen-bond acceptors (Lipinski definition) is 6. The fourth-order valence-electron chi connectivity index (χ4n) is 4.50. The fraction of sp³-hybridized carbons (Fsp3) is 0.0312. The summed E-state index contributed by atoms with van der Waals surface area (Å²) in [7, 11) is -5.82. The number of nitrogens with zero attached hydrogens (tertiary/aromatic N) is 3. The second-order valence-electron chi connectivity index (χ2n) is 9.26. The lowest BCUT2D eigenvalue weighted by Gasteiger charge is -2.14. The van der Waals surface area contributed by atoms with Crippen molar-refractivity contribution in [2.75, 3.05) is 0 Å². The zero-order valence-corrected chi connectivity index (χ0v) is 22.5. The molecule has 10 heteroatoms. The summed E-state index contributed by atoms with van der Waals surface area (Å²) in [6.07, 6.45) is 0. The molecule has 0 saturated heterocycles. The highest BCUT2D eigenvalue weighted by atomic mass is 32.2. The van der Waals surface area contributed by atoms with E-state index >= 15 is 0 Å². The SMILES string of the molecule is O=S(=O)(Oc1ccc(-c2ccc(-c3nc(-c4ccccc4)nc(-c4ccccc4)n3)cc2)c2ccccc12)C(F)(F)F. The van der Waals surface area contributed by atoms with Gasteiger partial charge in [-0.3, -0.25) is 0 Å². The maximum Gasteiger partial charge on any atom is 0.534 e. The Kier molecular flexibility index (Phi) is 6.91. The van der Waals surface area contributed by atoms with Crippen LogP contribution in [0.15, 0.2) is 121 Å². The molecule has 0 amide bonds. The van der Waals surface area contributed by atoms with Gasteiger partial charge in [-0.25, -0.2) is 15.0 Å². The van der Waals surface area contributed by atoms with Crippen molar-refractivity contribution in [3.05, 3.63) is 121 Å². The van der Waals surface area contributed by atoms with Crippen LogP contribution >= 0.6 is 0 Å². The Morgan fingerprint density at radius 1 is 0.500 bits per heavy atom. The number of fused-ring (bicyclic) bond motifs is 1. The zero-order valence-electron chi connectivity index (χ0n) is 21.7. The van der Waals surface area contributed by atoms with E-state index in [1.165, 1.54) is 18.2 Å². The molecule has 6 nitrogen and oxygen atoms in total. The highest BCUT2D eigenvalue weighted by Gasteiger charge is 2.48. The third-order valence-electron chi connectivity index (χ3n) is 6.52. The molecule has 6 aromatic rings. The van der Waals surface area contributed by atoms with Crippen molar-refractivity contribution >= 4 is 20.9 Å². The van der Waals surface area contributed by atoms with Crippen LogP contribution in [0.2, 0.25) is 0 Å². The third-order valence-corrected chi connectivity index (χ3v) is 7.49. The third kappa shape index (κ3) is 5.31. The van der Waals surface area contributed by atoms with Crippen LogP contribution in [0.1, 0.15) is 0 Å². The van der Waals surface area contributed by atoms with Gasteiger partial charge in [-0.15, -0.1) is 0 Å². The highest BCUT2D eigenvalue weighted by Crippen LogP contribution is 2.37. The summed E-state index contributed by atoms with van der Waals surface area (Å²) in [5.74, 6) is 1.12. The lowest BCUT2D eigenvalue weighted by molar-refractivity contribution is -0.0499. The summed E-state index contributed by atoms with van der Waals surface area (Å²) in [5.41, 5.74) is -1.69. The van der Waals surface area contributed by atoms with Gasteiger partial charge in [0.25, 0.3) is 0 Å². The molecule has 0 aliphatic carbocycles. The summed E-state index contributed by atoms with van der Waals surface area (Å²) >= 11 is 0. The summed E-state index contributed by atoms with van der Waals surface area (Å²) in [6.45, 7) is 0. The Hall–Kier alpha value is -5.09. The van der Waals surface area contributed by atoms with Crippen LogP contribution in [0.4, 0.5) is 13.2 Å². The molecular weight excluding hydrogens is 563 g/mol. The van der Waals surface area contributed by atoms with E-state index in [1.54, 1.807) is 18.2 Å². The lowest BCUT2D eigenvalue weighted by atomic mass is 9.97. The molecule has 42 heavy (non-hydrogen) atoms. The molecule has 0 unspecified atom stereocenters. The average Bonchev–Trinajstić information content (AvgIpc) is 3.01. The predicted molar refractivity (Wildman–Crippen MR) is 155 cm³/mol.